The van der Waals surface area contributed by atoms with Crippen LogP contribution in [0.1, 0.15) is 82.8 Å². The zero-order chi connectivity index (χ0) is 51.9. The van der Waals surface area contributed by atoms with Gasteiger partial charge in [-0.2, -0.15) is 0 Å². The Balaban J connectivity index is 0.000000180. The van der Waals surface area contributed by atoms with Crippen LogP contribution in [0.5, 0.6) is 5.88 Å². The number of methoxy groups -OCH3 is 1. The van der Waals surface area contributed by atoms with E-state index in [9.17, 15) is 40.0 Å². The molecule has 1 N–H and O–H groups in total. The number of Topliss-reactive ketones (excluding diaryl/α,β-unsaturated/α-hetero) is 2. The van der Waals surface area contributed by atoms with Crippen LogP contribution in [0.25, 0.3) is 44.1 Å². The Kier molecular flexibility index (Phi) is 14.7. The van der Waals surface area contributed by atoms with Crippen LogP contribution in [0, 0.1) is 11.6 Å². The molecule has 4 aromatic carbocycles. The highest BCUT2D eigenvalue weighted by molar-refractivity contribution is 7.93. The van der Waals surface area contributed by atoms with Crippen LogP contribution in [0.2, 0.25) is 10.0 Å². The molecule has 378 valence electrons. The smallest absolute Gasteiger partial charge is 0.256 e. The van der Waals surface area contributed by atoms with Crippen LogP contribution in [-0.4, -0.2) is 76.6 Å². The van der Waals surface area contributed by atoms with Crippen molar-refractivity contribution < 1.29 is 39.9 Å². The molecule has 2 aliphatic carbocycles. The van der Waals surface area contributed by atoms with Crippen LogP contribution in [0.4, 0.5) is 8.78 Å². The maximum Gasteiger partial charge on any atom is 0.256 e. The van der Waals surface area contributed by atoms with Gasteiger partial charge < -0.3 is 18.9 Å². The van der Waals surface area contributed by atoms with Gasteiger partial charge in [0.25, 0.3) is 5.56 Å². The van der Waals surface area contributed by atoms with Crippen molar-refractivity contribution in [3.63, 3.8) is 0 Å². The number of benzene rings is 4. The number of ketones is 2. The van der Waals surface area contributed by atoms with E-state index in [1.807, 2.05) is 50.2 Å². The number of nitrogens with zero attached hydrogens (tertiary/aromatic N) is 3. The normalized spacial score (nSPS) is 13.8. The number of H-pyrrole nitrogens is 1. The van der Waals surface area contributed by atoms with Crippen molar-refractivity contribution in [2.24, 2.45) is 0 Å². The molecule has 0 bridgehead atoms. The summed E-state index contributed by atoms with van der Waals surface area (Å²) in [5.74, 6) is -3.13. The molecule has 0 aliphatic heterocycles. The van der Waals surface area contributed by atoms with Crippen molar-refractivity contribution in [3.8, 4) is 28.1 Å². The van der Waals surface area contributed by atoms with Gasteiger partial charge in [0.2, 0.25) is 5.88 Å². The molecule has 0 radical (unpaired) electrons. The third-order valence-electron chi connectivity index (χ3n) is 13.3. The minimum Gasteiger partial charge on any atom is -0.481 e. The van der Waals surface area contributed by atoms with Crippen molar-refractivity contribution >= 4 is 76.2 Å². The van der Waals surface area contributed by atoms with E-state index in [1.54, 1.807) is 51.6 Å². The number of sulfone groups is 2. The highest BCUT2D eigenvalue weighted by Gasteiger charge is 2.40. The third kappa shape index (κ3) is 10.7. The minimum absolute atomic E-state index is 0.0162. The summed E-state index contributed by atoms with van der Waals surface area (Å²) in [6, 6.07) is 27.1. The zero-order valence-corrected chi connectivity index (χ0v) is 43.2. The topological polar surface area (TPSA) is 167 Å². The predicted octanol–water partition coefficient (Wildman–Crippen LogP) is 11.0. The number of aryl methyl sites for hydroxylation is 2. The molecular formula is C55H50Cl2F2N4O8S2. The second-order valence-electron chi connectivity index (χ2n) is 18.3. The number of nitrogens with one attached hydrogen (secondary N) is 1. The Bertz CT molecular complexity index is 3790. The van der Waals surface area contributed by atoms with Crippen molar-refractivity contribution in [2.45, 2.75) is 76.0 Å². The first-order chi connectivity index (χ1) is 34.9. The first-order valence-corrected chi connectivity index (χ1v) is 28.0. The molecule has 0 spiro atoms. The Morgan fingerprint density at radius 2 is 1.12 bits per heavy atom. The van der Waals surface area contributed by atoms with E-state index in [0.717, 1.165) is 17.5 Å². The quantitative estimate of drug-likeness (QED) is 0.0873. The molecule has 10 rings (SSSR count). The van der Waals surface area contributed by atoms with Gasteiger partial charge in [-0.3, -0.25) is 14.4 Å². The lowest BCUT2D eigenvalue weighted by molar-refractivity contribution is 0.100. The molecule has 2 saturated carbocycles. The lowest BCUT2D eigenvalue weighted by Crippen LogP contribution is -2.23. The van der Waals surface area contributed by atoms with Crippen molar-refractivity contribution in [3.05, 3.63) is 175 Å². The molecule has 12 nitrogen and oxygen atoms in total. The number of hydrogen-bond donors (Lipinski definition) is 1. The number of halogens is 4. The van der Waals surface area contributed by atoms with E-state index in [-0.39, 0.29) is 40.9 Å². The van der Waals surface area contributed by atoms with Gasteiger partial charge in [0, 0.05) is 62.0 Å². The SMILES string of the molecule is CCc1ccc2c(c1)c(-c1cc(Cl)c[nH]c1=O)c(C(=O)CS(=O)(=O)C1CC1)n2Cc1ccccc1F.CCc1ccc2c(c1)c(-c1cc(Cl)cnc1OC)c(C(=O)CS(=O)(=O)C1CC1)n2Cc1ccccc1F. The summed E-state index contributed by atoms with van der Waals surface area (Å²) in [4.78, 5) is 47.5. The fraction of sp³-hybridized carbons (Fsp3) is 0.273. The Morgan fingerprint density at radius 1 is 0.671 bits per heavy atom. The molecule has 18 heteroatoms. The lowest BCUT2D eigenvalue weighted by atomic mass is 9.99. The van der Waals surface area contributed by atoms with E-state index in [2.05, 4.69) is 9.97 Å². The van der Waals surface area contributed by atoms with Crippen LogP contribution in [0.15, 0.2) is 114 Å². The van der Waals surface area contributed by atoms with Gasteiger partial charge in [-0.1, -0.05) is 85.6 Å². The molecule has 0 saturated heterocycles. The summed E-state index contributed by atoms with van der Waals surface area (Å²) in [5.41, 5.74) is 5.11. The Labute approximate surface area is 430 Å². The standard InChI is InChI=1S/C28H26ClFN2O4S.C27H24ClFN2O4S/c1-3-17-8-11-24-21(12-17)26(22-13-19(29)14-31-28(22)36-2)27(25(33)16-37(34,35)20-9-10-20)32(24)15-18-6-4-5-7-23(18)30;1-2-16-7-10-23-20(11-16)25(21-12-18(28)13-30-27(21)33)26(24(32)15-36(34,35)19-8-9-19)31(23)14-17-5-3-4-6-22(17)29/h4-8,11-14,20H,3,9-10,15-16H2,1-2H3;3-7,10-13,19H,2,8-9,14-15H2,1H3,(H,30,33). The first kappa shape index (κ1) is 51.4. The van der Waals surface area contributed by atoms with E-state index in [0.29, 0.717) is 86.7 Å². The van der Waals surface area contributed by atoms with Crippen molar-refractivity contribution in [1.82, 2.24) is 19.1 Å². The molecule has 2 aliphatic rings. The van der Waals surface area contributed by atoms with Crippen LogP contribution in [0.3, 0.4) is 0 Å². The number of carbonyl (C=O) groups excluding carboxylic acids is 2. The number of fused-ring (bicyclic) bond motifs is 2. The van der Waals surface area contributed by atoms with Crippen LogP contribution < -0.4 is 10.3 Å². The fourth-order valence-electron chi connectivity index (χ4n) is 9.29. The Hall–Kier alpha value is -6.46. The average Bonchev–Trinajstić information content (AvgIpc) is 4.32. The number of rotatable bonds is 17. The van der Waals surface area contributed by atoms with E-state index < -0.39 is 70.4 Å². The third-order valence-corrected chi connectivity index (χ3v) is 18.0. The number of aromatic nitrogens is 4. The Morgan fingerprint density at radius 3 is 1.56 bits per heavy atom. The lowest BCUT2D eigenvalue weighted by Gasteiger charge is -2.14. The fourth-order valence-corrected chi connectivity index (χ4v) is 12.8. The van der Waals surface area contributed by atoms with Gasteiger partial charge in [-0.15, -0.1) is 0 Å². The summed E-state index contributed by atoms with van der Waals surface area (Å²) in [6.07, 6.45) is 6.45. The molecule has 73 heavy (non-hydrogen) atoms. The van der Waals surface area contributed by atoms with Gasteiger partial charge in [-0.25, -0.2) is 30.6 Å². The van der Waals surface area contributed by atoms with E-state index in [1.165, 1.54) is 37.7 Å². The second kappa shape index (κ2) is 20.8. The maximum atomic E-state index is 14.8. The summed E-state index contributed by atoms with van der Waals surface area (Å²) >= 11 is 12.5. The summed E-state index contributed by atoms with van der Waals surface area (Å²) in [6.45, 7) is 4.03. The average molecular weight is 1070 g/mol. The first-order valence-electron chi connectivity index (χ1n) is 23.8. The predicted molar refractivity (Wildman–Crippen MR) is 282 cm³/mol. The number of aromatic amines is 1. The molecule has 2 fully saturated rings. The highest BCUT2D eigenvalue weighted by Crippen LogP contribution is 2.43. The zero-order valence-electron chi connectivity index (χ0n) is 40.1. The minimum atomic E-state index is -3.65. The van der Waals surface area contributed by atoms with Gasteiger partial charge in [0.05, 0.1) is 57.7 Å². The van der Waals surface area contributed by atoms with Gasteiger partial charge in [0.1, 0.15) is 23.1 Å². The van der Waals surface area contributed by atoms with Crippen molar-refractivity contribution in [2.75, 3.05) is 18.6 Å². The largest absolute Gasteiger partial charge is 0.481 e. The summed E-state index contributed by atoms with van der Waals surface area (Å²) in [5, 5.41) is 0.904. The van der Waals surface area contributed by atoms with E-state index >= 15 is 0 Å². The van der Waals surface area contributed by atoms with Crippen LogP contribution >= 0.6 is 23.2 Å². The van der Waals surface area contributed by atoms with Gasteiger partial charge in [-0.05, 0) is 98.2 Å². The van der Waals surface area contributed by atoms with E-state index in [4.69, 9.17) is 27.9 Å². The maximum absolute atomic E-state index is 14.8. The molecule has 4 aromatic heterocycles. The molecule has 8 aromatic rings. The van der Waals surface area contributed by atoms with Crippen LogP contribution in [-0.2, 0) is 45.6 Å². The highest BCUT2D eigenvalue weighted by atomic mass is 35.5. The molecule has 0 amide bonds. The number of hydrogen-bond acceptors (Lipinski definition) is 9. The number of ether oxygens (including phenoxy) is 1. The molecular weight excluding hydrogens is 1020 g/mol. The number of pyridine rings is 2. The summed E-state index contributed by atoms with van der Waals surface area (Å²) < 4.78 is 89.7. The van der Waals surface area contributed by atoms with Crippen molar-refractivity contribution in [1.29, 1.82) is 0 Å². The monoisotopic (exact) mass is 1070 g/mol. The number of carbonyl (C=O) groups is 2. The molecule has 4 heterocycles. The molecule has 0 unspecified atom stereocenters. The second-order valence-corrected chi connectivity index (χ2v) is 23.8. The van der Waals surface area contributed by atoms with Gasteiger partial charge >= 0.3 is 0 Å². The molecule has 0 atom stereocenters. The van der Waals surface area contributed by atoms with Gasteiger partial charge in [0.15, 0.2) is 31.2 Å². The summed E-state index contributed by atoms with van der Waals surface area (Å²) in [7, 11) is -5.80.